The largest absolute Gasteiger partial charge is 0.313 e. The van der Waals surface area contributed by atoms with Gasteiger partial charge in [-0.25, -0.2) is 13.1 Å². The molecule has 22 heavy (non-hydrogen) atoms. The first-order valence-corrected chi connectivity index (χ1v) is 8.43. The van der Waals surface area contributed by atoms with Gasteiger partial charge in [-0.3, -0.25) is 10.1 Å². The van der Waals surface area contributed by atoms with E-state index in [1.54, 1.807) is 13.8 Å². The molecule has 0 amide bonds. The van der Waals surface area contributed by atoms with Crippen molar-refractivity contribution in [1.82, 2.24) is 10.0 Å². The zero-order chi connectivity index (χ0) is 16.3. The number of nitro benzene ring substituents is 1. The lowest BCUT2D eigenvalue weighted by atomic mass is 10.1. The molecule has 0 unspecified atom stereocenters. The molecule has 1 heterocycles. The van der Waals surface area contributed by atoms with Gasteiger partial charge >= 0.3 is 0 Å². The molecule has 1 aliphatic rings. The number of nitro groups is 1. The van der Waals surface area contributed by atoms with Crippen molar-refractivity contribution in [2.45, 2.75) is 25.2 Å². The van der Waals surface area contributed by atoms with Crippen LogP contribution in [0.15, 0.2) is 28.7 Å². The van der Waals surface area contributed by atoms with E-state index in [9.17, 15) is 18.5 Å². The van der Waals surface area contributed by atoms with Gasteiger partial charge in [0.1, 0.15) is 0 Å². The molecule has 2 N–H and O–H groups in total. The Kier molecular flexibility index (Phi) is 4.94. The van der Waals surface area contributed by atoms with Gasteiger partial charge in [-0.05, 0) is 37.9 Å². The molecular formula is C14H19N3O4S. The third-order valence-electron chi connectivity index (χ3n) is 3.75. The number of hydrogen-bond donors (Lipinski definition) is 2. The number of hydrogen-bond acceptors (Lipinski definition) is 5. The van der Waals surface area contributed by atoms with E-state index < -0.39 is 14.9 Å². The van der Waals surface area contributed by atoms with E-state index in [1.165, 1.54) is 6.07 Å². The van der Waals surface area contributed by atoms with Crippen molar-refractivity contribution in [2.75, 3.05) is 19.6 Å². The lowest BCUT2D eigenvalue weighted by Gasteiger charge is -2.16. The van der Waals surface area contributed by atoms with Crippen molar-refractivity contribution in [3.05, 3.63) is 45.0 Å². The van der Waals surface area contributed by atoms with Crippen LogP contribution in [0.2, 0.25) is 0 Å². The maximum atomic E-state index is 12.4. The third-order valence-corrected chi connectivity index (χ3v) is 5.28. The number of sulfonamides is 1. The molecule has 0 aliphatic carbocycles. The van der Waals surface area contributed by atoms with E-state index in [0.29, 0.717) is 11.1 Å². The number of nitrogens with zero attached hydrogens (tertiary/aromatic N) is 1. The number of aryl methyl sites for hydroxylation is 1. The second-order valence-electron chi connectivity index (χ2n) is 5.28. The average Bonchev–Trinajstić information content (AvgIpc) is 2.48. The van der Waals surface area contributed by atoms with E-state index in [-0.39, 0.29) is 17.1 Å². The molecule has 0 saturated heterocycles. The molecule has 2 rings (SSSR count). The van der Waals surface area contributed by atoms with Crippen LogP contribution in [0.4, 0.5) is 5.69 Å². The minimum atomic E-state index is -3.78. The van der Waals surface area contributed by atoms with Crippen LogP contribution < -0.4 is 10.0 Å². The van der Waals surface area contributed by atoms with Gasteiger partial charge in [-0.2, -0.15) is 0 Å². The Hall–Kier alpha value is -1.77. The minimum absolute atomic E-state index is 0.0336. The number of benzene rings is 1. The molecule has 0 bridgehead atoms. The van der Waals surface area contributed by atoms with E-state index in [0.717, 1.165) is 31.1 Å². The summed E-state index contributed by atoms with van der Waals surface area (Å²) in [5.74, 6) is 0. The van der Waals surface area contributed by atoms with Crippen LogP contribution in [0, 0.1) is 24.0 Å². The SMILES string of the molecule is Cc1cc([N+](=O)[O-])cc(S(=O)(=O)NCC2=CCNCC2)c1C. The molecule has 120 valence electrons. The Labute approximate surface area is 129 Å². The molecule has 0 saturated carbocycles. The van der Waals surface area contributed by atoms with Crippen LogP contribution in [-0.4, -0.2) is 33.0 Å². The molecule has 1 aromatic carbocycles. The number of rotatable bonds is 5. The average molecular weight is 325 g/mol. The van der Waals surface area contributed by atoms with Crippen molar-refractivity contribution in [3.8, 4) is 0 Å². The van der Waals surface area contributed by atoms with E-state index >= 15 is 0 Å². The van der Waals surface area contributed by atoms with Crippen molar-refractivity contribution in [1.29, 1.82) is 0 Å². The summed E-state index contributed by atoms with van der Waals surface area (Å²) in [7, 11) is -3.78. The number of non-ortho nitro benzene ring substituents is 1. The molecule has 0 atom stereocenters. The highest BCUT2D eigenvalue weighted by atomic mass is 32.2. The fourth-order valence-electron chi connectivity index (χ4n) is 2.29. The molecule has 7 nitrogen and oxygen atoms in total. The van der Waals surface area contributed by atoms with Gasteiger partial charge in [-0.1, -0.05) is 11.6 Å². The van der Waals surface area contributed by atoms with Crippen LogP contribution in [0.1, 0.15) is 17.5 Å². The first-order valence-electron chi connectivity index (χ1n) is 6.95. The zero-order valence-electron chi connectivity index (χ0n) is 12.5. The fraction of sp³-hybridized carbons (Fsp3) is 0.429. The predicted molar refractivity (Wildman–Crippen MR) is 83.3 cm³/mol. The fourth-order valence-corrected chi connectivity index (χ4v) is 3.66. The monoisotopic (exact) mass is 325 g/mol. The Bertz CT molecular complexity index is 726. The molecule has 0 spiro atoms. The third kappa shape index (κ3) is 3.70. The van der Waals surface area contributed by atoms with Gasteiger partial charge in [0, 0.05) is 25.2 Å². The second-order valence-corrected chi connectivity index (χ2v) is 7.02. The predicted octanol–water partition coefficient (Wildman–Crippen LogP) is 1.41. The van der Waals surface area contributed by atoms with Gasteiger partial charge in [0.25, 0.3) is 5.69 Å². The zero-order valence-corrected chi connectivity index (χ0v) is 13.4. The maximum Gasteiger partial charge on any atom is 0.271 e. The summed E-state index contributed by atoms with van der Waals surface area (Å²) >= 11 is 0. The quantitative estimate of drug-likeness (QED) is 0.484. The van der Waals surface area contributed by atoms with Gasteiger partial charge in [-0.15, -0.1) is 0 Å². The summed E-state index contributed by atoms with van der Waals surface area (Å²) in [6, 6.07) is 2.49. The van der Waals surface area contributed by atoms with Crippen LogP contribution in [0.3, 0.4) is 0 Å². The van der Waals surface area contributed by atoms with Gasteiger partial charge in [0.15, 0.2) is 0 Å². The van der Waals surface area contributed by atoms with Crippen molar-refractivity contribution in [3.63, 3.8) is 0 Å². The van der Waals surface area contributed by atoms with Crippen LogP contribution in [-0.2, 0) is 10.0 Å². The molecule has 1 aromatic rings. The lowest BCUT2D eigenvalue weighted by molar-refractivity contribution is -0.385. The number of nitrogens with one attached hydrogen (secondary N) is 2. The summed E-state index contributed by atoms with van der Waals surface area (Å²) in [5, 5.41) is 14.1. The summed E-state index contributed by atoms with van der Waals surface area (Å²) in [4.78, 5) is 10.3. The summed E-state index contributed by atoms with van der Waals surface area (Å²) in [6.45, 7) is 5.09. The van der Waals surface area contributed by atoms with Crippen LogP contribution in [0.25, 0.3) is 0 Å². The van der Waals surface area contributed by atoms with E-state index in [1.807, 2.05) is 6.08 Å². The highest BCUT2D eigenvalue weighted by Crippen LogP contribution is 2.25. The van der Waals surface area contributed by atoms with E-state index in [4.69, 9.17) is 0 Å². The smallest absolute Gasteiger partial charge is 0.271 e. The van der Waals surface area contributed by atoms with Crippen molar-refractivity contribution in [2.24, 2.45) is 0 Å². The van der Waals surface area contributed by atoms with Gasteiger partial charge in [0.05, 0.1) is 9.82 Å². The normalized spacial score (nSPS) is 15.5. The molecule has 8 heteroatoms. The summed E-state index contributed by atoms with van der Waals surface area (Å²) in [5.41, 5.74) is 1.90. The topological polar surface area (TPSA) is 101 Å². The highest BCUT2D eigenvalue weighted by molar-refractivity contribution is 7.89. The van der Waals surface area contributed by atoms with Crippen LogP contribution >= 0.6 is 0 Å². The molecule has 0 fully saturated rings. The second kappa shape index (κ2) is 6.55. The molecule has 1 aliphatic heterocycles. The molecule has 0 aromatic heterocycles. The maximum absolute atomic E-state index is 12.4. The van der Waals surface area contributed by atoms with Crippen molar-refractivity contribution < 1.29 is 13.3 Å². The first kappa shape index (κ1) is 16.6. The van der Waals surface area contributed by atoms with Gasteiger partial charge < -0.3 is 5.32 Å². The molecular weight excluding hydrogens is 306 g/mol. The first-order chi connectivity index (χ1) is 10.3. The Balaban J connectivity index is 2.28. The summed E-state index contributed by atoms with van der Waals surface area (Å²) in [6.07, 6.45) is 2.74. The minimum Gasteiger partial charge on any atom is -0.313 e. The highest BCUT2D eigenvalue weighted by Gasteiger charge is 2.22. The lowest BCUT2D eigenvalue weighted by Crippen LogP contribution is -2.30. The standard InChI is InChI=1S/C14H19N3O4S/c1-10-7-13(17(18)19)8-14(11(10)2)22(20,21)16-9-12-3-5-15-6-4-12/h3,7-8,15-16H,4-6,9H2,1-2H3. The van der Waals surface area contributed by atoms with Crippen molar-refractivity contribution >= 4 is 15.7 Å². The van der Waals surface area contributed by atoms with Gasteiger partial charge in [0.2, 0.25) is 10.0 Å². The Morgan fingerprint density at radius 1 is 1.36 bits per heavy atom. The molecule has 0 radical (unpaired) electrons. The Morgan fingerprint density at radius 3 is 2.68 bits per heavy atom. The summed E-state index contributed by atoms with van der Waals surface area (Å²) < 4.78 is 27.4. The van der Waals surface area contributed by atoms with Crippen LogP contribution in [0.5, 0.6) is 0 Å². The van der Waals surface area contributed by atoms with E-state index in [2.05, 4.69) is 10.0 Å². The Morgan fingerprint density at radius 2 is 2.09 bits per heavy atom.